The van der Waals surface area contributed by atoms with Crippen LogP contribution < -0.4 is 14.8 Å². The lowest BCUT2D eigenvalue weighted by Crippen LogP contribution is -2.45. The lowest BCUT2D eigenvalue weighted by atomic mass is 10.1. The number of amides is 1. The maximum Gasteiger partial charge on any atom is 0.408 e. The molecule has 156 valence electrons. The lowest BCUT2D eigenvalue weighted by molar-refractivity contribution is -0.113. The van der Waals surface area contributed by atoms with Gasteiger partial charge in [0.25, 0.3) is 0 Å². The summed E-state index contributed by atoms with van der Waals surface area (Å²) >= 11 is 0.859. The molecule has 1 rings (SSSR count). The van der Waals surface area contributed by atoms with E-state index in [9.17, 15) is 14.4 Å². The highest BCUT2D eigenvalue weighted by Gasteiger charge is 2.28. The van der Waals surface area contributed by atoms with Crippen LogP contribution in [0.2, 0.25) is 0 Å². The molecule has 0 fully saturated rings. The molecule has 7 nitrogen and oxygen atoms in total. The predicted octanol–water partition coefficient (Wildman–Crippen LogP) is 3.70. The van der Waals surface area contributed by atoms with Gasteiger partial charge < -0.3 is 19.5 Å². The van der Waals surface area contributed by atoms with E-state index in [0.29, 0.717) is 17.1 Å². The van der Waals surface area contributed by atoms with Gasteiger partial charge in [-0.2, -0.15) is 0 Å². The number of benzene rings is 1. The van der Waals surface area contributed by atoms with E-state index in [2.05, 4.69) is 5.32 Å². The summed E-state index contributed by atoms with van der Waals surface area (Å²) in [5, 5.41) is 2.29. The van der Waals surface area contributed by atoms with Crippen LogP contribution in [0.3, 0.4) is 0 Å². The largest absolute Gasteiger partial charge is 0.497 e. The van der Waals surface area contributed by atoms with E-state index >= 15 is 0 Å². The number of rotatable bonds is 8. The van der Waals surface area contributed by atoms with Gasteiger partial charge in [0.05, 0.1) is 25.5 Å². The first-order chi connectivity index (χ1) is 13.0. The van der Waals surface area contributed by atoms with Gasteiger partial charge in [0.2, 0.25) is 5.12 Å². The molecule has 1 aromatic carbocycles. The van der Waals surface area contributed by atoms with Crippen molar-refractivity contribution in [3.63, 3.8) is 0 Å². The third-order valence-electron chi connectivity index (χ3n) is 3.65. The molecule has 0 aromatic heterocycles. The van der Waals surface area contributed by atoms with Gasteiger partial charge in [0.1, 0.15) is 23.1 Å². The molecule has 0 saturated carbocycles. The third kappa shape index (κ3) is 7.42. The Kier molecular flexibility index (Phi) is 8.81. The highest BCUT2D eigenvalue weighted by molar-refractivity contribution is 8.14. The second kappa shape index (κ2) is 10.4. The maximum absolute atomic E-state index is 12.6. The smallest absolute Gasteiger partial charge is 0.408 e. The first-order valence-electron chi connectivity index (χ1n) is 8.90. The summed E-state index contributed by atoms with van der Waals surface area (Å²) in [5.41, 5.74) is -0.298. The fraction of sp³-hybridized carbons (Fsp3) is 0.550. The predicted molar refractivity (Wildman–Crippen MR) is 109 cm³/mol. The summed E-state index contributed by atoms with van der Waals surface area (Å²) in [6.45, 7) is 8.86. The van der Waals surface area contributed by atoms with Gasteiger partial charge in [-0.15, -0.1) is 0 Å². The Morgan fingerprint density at radius 1 is 1.11 bits per heavy atom. The van der Waals surface area contributed by atoms with Crippen molar-refractivity contribution in [1.29, 1.82) is 0 Å². The Hall–Kier alpha value is -2.22. The van der Waals surface area contributed by atoms with Gasteiger partial charge in [-0.3, -0.25) is 9.59 Å². The normalized spacial score (nSPS) is 12.3. The van der Waals surface area contributed by atoms with Crippen LogP contribution in [-0.2, 0) is 9.53 Å². The molecule has 1 unspecified atom stereocenters. The Morgan fingerprint density at radius 2 is 1.75 bits per heavy atom. The molecule has 0 saturated heterocycles. The summed E-state index contributed by atoms with van der Waals surface area (Å²) in [6, 6.07) is 4.11. The Labute approximate surface area is 170 Å². The number of Topliss-reactive ketones (excluding diaryl/α,β-unsaturated/α-hetero) is 1. The summed E-state index contributed by atoms with van der Waals surface area (Å²) in [4.78, 5) is 37.1. The molecule has 1 N–H and O–H groups in total. The van der Waals surface area contributed by atoms with Crippen LogP contribution >= 0.6 is 11.8 Å². The van der Waals surface area contributed by atoms with Gasteiger partial charge in [-0.1, -0.05) is 25.6 Å². The summed E-state index contributed by atoms with van der Waals surface area (Å²) in [5.74, 6) is 0.472. The fourth-order valence-corrected chi connectivity index (χ4v) is 3.20. The van der Waals surface area contributed by atoms with Crippen LogP contribution in [0.5, 0.6) is 11.5 Å². The number of nitrogens with one attached hydrogen (secondary N) is 1. The zero-order valence-corrected chi connectivity index (χ0v) is 18.3. The van der Waals surface area contributed by atoms with Crippen molar-refractivity contribution in [2.75, 3.05) is 20.0 Å². The summed E-state index contributed by atoms with van der Waals surface area (Å²) in [6.07, 6.45) is -0.664. The lowest BCUT2D eigenvalue weighted by Gasteiger charge is -2.24. The molecule has 28 heavy (non-hydrogen) atoms. The minimum absolute atomic E-state index is 0.0687. The zero-order chi connectivity index (χ0) is 21.5. The molecule has 1 aromatic rings. The number of carbonyl (C=O) groups excluding carboxylic acids is 3. The maximum atomic E-state index is 12.6. The van der Waals surface area contributed by atoms with Crippen molar-refractivity contribution in [3.8, 4) is 11.5 Å². The quantitative estimate of drug-likeness (QED) is 0.652. The highest BCUT2D eigenvalue weighted by atomic mass is 32.2. The monoisotopic (exact) mass is 411 g/mol. The van der Waals surface area contributed by atoms with E-state index in [1.807, 2.05) is 13.8 Å². The molecule has 0 aliphatic rings. The van der Waals surface area contributed by atoms with Crippen molar-refractivity contribution in [2.45, 2.75) is 46.3 Å². The SMILES string of the molecule is COc1ccc(C(=O)CSC(=O)C(NC(=O)OC(C)(C)C)C(C)C)c(OC)c1. The number of alkyl carbamates (subject to hydrolysis) is 1. The molecule has 1 amide bonds. The third-order valence-corrected chi connectivity index (χ3v) is 4.59. The fourth-order valence-electron chi connectivity index (χ4n) is 2.27. The Balaban J connectivity index is 2.77. The molecule has 8 heteroatoms. The topological polar surface area (TPSA) is 90.9 Å². The second-order valence-electron chi connectivity index (χ2n) is 7.47. The number of ketones is 1. The van der Waals surface area contributed by atoms with Crippen LogP contribution in [0.15, 0.2) is 18.2 Å². The van der Waals surface area contributed by atoms with Crippen molar-refractivity contribution in [3.05, 3.63) is 23.8 Å². The van der Waals surface area contributed by atoms with Gasteiger partial charge in [0.15, 0.2) is 5.78 Å². The average Bonchev–Trinajstić information content (AvgIpc) is 2.61. The van der Waals surface area contributed by atoms with Gasteiger partial charge in [-0.25, -0.2) is 4.79 Å². The van der Waals surface area contributed by atoms with Crippen LogP contribution in [0.1, 0.15) is 45.0 Å². The van der Waals surface area contributed by atoms with Crippen molar-refractivity contribution in [2.24, 2.45) is 5.92 Å². The molecule has 1 atom stereocenters. The zero-order valence-electron chi connectivity index (χ0n) is 17.5. The van der Waals surface area contributed by atoms with Gasteiger partial charge >= 0.3 is 6.09 Å². The van der Waals surface area contributed by atoms with Crippen molar-refractivity contribution >= 4 is 28.8 Å². The number of carbonyl (C=O) groups is 3. The number of hydrogen-bond donors (Lipinski definition) is 1. The first-order valence-corrected chi connectivity index (χ1v) is 9.88. The number of methoxy groups -OCH3 is 2. The van der Waals surface area contributed by atoms with Crippen molar-refractivity contribution < 1.29 is 28.6 Å². The molecular weight excluding hydrogens is 382 g/mol. The standard InChI is InChI=1S/C20H29NO6S/c1-12(2)17(21-19(24)27-20(3,4)5)18(23)28-11-15(22)14-9-8-13(25-6)10-16(14)26-7/h8-10,12,17H,11H2,1-7H3,(H,21,24). The summed E-state index contributed by atoms with van der Waals surface area (Å²) in [7, 11) is 2.98. The summed E-state index contributed by atoms with van der Waals surface area (Å²) < 4.78 is 15.6. The van der Waals surface area contributed by atoms with Crippen LogP contribution in [0.25, 0.3) is 0 Å². The average molecular weight is 412 g/mol. The molecule has 0 radical (unpaired) electrons. The van der Waals surface area contributed by atoms with Gasteiger partial charge in [-0.05, 0) is 38.8 Å². The van der Waals surface area contributed by atoms with Crippen LogP contribution in [0.4, 0.5) is 4.79 Å². The van der Waals surface area contributed by atoms with E-state index in [0.717, 1.165) is 11.8 Å². The first kappa shape index (κ1) is 23.8. The Bertz CT molecular complexity index is 711. The molecule has 0 spiro atoms. The highest BCUT2D eigenvalue weighted by Crippen LogP contribution is 2.26. The second-order valence-corrected chi connectivity index (χ2v) is 8.44. The minimum Gasteiger partial charge on any atom is -0.497 e. The molecule has 0 heterocycles. The van der Waals surface area contributed by atoms with E-state index in [1.165, 1.54) is 14.2 Å². The van der Waals surface area contributed by atoms with Crippen LogP contribution in [0, 0.1) is 5.92 Å². The van der Waals surface area contributed by atoms with Gasteiger partial charge in [0, 0.05) is 6.07 Å². The van der Waals surface area contributed by atoms with Crippen LogP contribution in [-0.4, -0.2) is 48.6 Å². The van der Waals surface area contributed by atoms with E-state index in [1.54, 1.807) is 39.0 Å². The van der Waals surface area contributed by atoms with Crippen molar-refractivity contribution in [1.82, 2.24) is 5.32 Å². The number of hydrogen-bond acceptors (Lipinski definition) is 7. The molecule has 0 bridgehead atoms. The number of ether oxygens (including phenoxy) is 3. The molecule has 0 aliphatic carbocycles. The van der Waals surface area contributed by atoms with E-state index in [-0.39, 0.29) is 22.6 Å². The number of thioether (sulfide) groups is 1. The molecule has 0 aliphatic heterocycles. The Morgan fingerprint density at radius 3 is 2.25 bits per heavy atom. The molecular formula is C20H29NO6S. The van der Waals surface area contributed by atoms with E-state index < -0.39 is 17.7 Å². The minimum atomic E-state index is -0.759. The van der Waals surface area contributed by atoms with E-state index in [4.69, 9.17) is 14.2 Å².